The average Bonchev–Trinajstić information content (AvgIpc) is 3.35. The van der Waals surface area contributed by atoms with Gasteiger partial charge in [-0.25, -0.2) is 18.7 Å². The first-order valence-electron chi connectivity index (χ1n) is 14.8. The minimum Gasteiger partial charge on any atom is -0.475 e. The molecule has 2 aliphatic heterocycles. The summed E-state index contributed by atoms with van der Waals surface area (Å²) < 4.78 is 86.5. The second-order valence-corrected chi connectivity index (χ2v) is 11.7. The predicted octanol–water partition coefficient (Wildman–Crippen LogP) is 5.68. The molecule has 0 saturated carbocycles. The van der Waals surface area contributed by atoms with E-state index in [1.807, 2.05) is 25.8 Å². The molecule has 0 aliphatic carbocycles. The minimum atomic E-state index is -5.06. The first kappa shape index (κ1) is 31.5. The molecule has 46 heavy (non-hydrogen) atoms. The van der Waals surface area contributed by atoms with Crippen molar-refractivity contribution in [3.05, 3.63) is 52.7 Å². The monoisotopic (exact) mass is 644 g/mol. The summed E-state index contributed by atoms with van der Waals surface area (Å²) in [5, 5.41) is 0.0337. The Bertz CT molecular complexity index is 1820. The summed E-state index contributed by atoms with van der Waals surface area (Å²) in [6, 6.07) is 3.67. The molecular weight excluding hydrogens is 611 g/mol. The molecule has 3 aromatic heterocycles. The van der Waals surface area contributed by atoms with Crippen LogP contribution in [0.4, 0.5) is 39.3 Å². The molecule has 4 N–H and O–H groups in total. The lowest BCUT2D eigenvalue weighted by Gasteiger charge is -2.31. The Kier molecular flexibility index (Phi) is 7.99. The van der Waals surface area contributed by atoms with E-state index >= 15 is 4.39 Å². The summed E-state index contributed by atoms with van der Waals surface area (Å²) in [6.07, 6.45) is -2.06. The molecule has 0 bridgehead atoms. The summed E-state index contributed by atoms with van der Waals surface area (Å²) in [4.78, 5) is 21.5. The van der Waals surface area contributed by atoms with Gasteiger partial charge < -0.3 is 25.8 Å². The highest BCUT2D eigenvalue weighted by Gasteiger charge is 2.40. The zero-order valence-electron chi connectivity index (χ0n) is 25.6. The quantitative estimate of drug-likeness (QED) is 0.200. The maximum atomic E-state index is 16.7. The van der Waals surface area contributed by atoms with Crippen LogP contribution in [0.5, 0.6) is 11.9 Å². The number of anilines is 3. The highest BCUT2D eigenvalue weighted by molar-refractivity contribution is 5.97. The molecule has 244 valence electrons. The SMILES string of the molecule is Cc1c(F)c(N)cc(-c2nc3c4c(nc(O[C@@H](C)C5CCCN5C)nc4c2F)N([C@H](C)c2cccnc2N)CCO3)c1C(F)(F)F. The van der Waals surface area contributed by atoms with E-state index in [9.17, 15) is 17.6 Å². The van der Waals surface area contributed by atoms with Crippen molar-refractivity contribution in [1.82, 2.24) is 24.8 Å². The van der Waals surface area contributed by atoms with Crippen LogP contribution in [-0.4, -0.2) is 63.7 Å². The number of hydrogen-bond acceptors (Lipinski definition) is 10. The highest BCUT2D eigenvalue weighted by Crippen LogP contribution is 2.46. The first-order chi connectivity index (χ1) is 21.8. The lowest BCUT2D eigenvalue weighted by Crippen LogP contribution is -2.38. The maximum absolute atomic E-state index is 16.7. The minimum absolute atomic E-state index is 0.00418. The molecule has 4 aromatic rings. The summed E-state index contributed by atoms with van der Waals surface area (Å²) in [7, 11) is 1.98. The van der Waals surface area contributed by atoms with Crippen LogP contribution in [0.25, 0.3) is 22.2 Å². The van der Waals surface area contributed by atoms with E-state index in [1.165, 1.54) is 0 Å². The van der Waals surface area contributed by atoms with E-state index in [1.54, 1.807) is 18.3 Å². The number of hydrogen-bond donors (Lipinski definition) is 2. The Morgan fingerprint density at radius 2 is 1.85 bits per heavy atom. The van der Waals surface area contributed by atoms with E-state index in [4.69, 9.17) is 25.9 Å². The molecule has 2 aliphatic rings. The maximum Gasteiger partial charge on any atom is 0.417 e. The zero-order valence-corrected chi connectivity index (χ0v) is 25.6. The molecule has 6 rings (SSSR count). The van der Waals surface area contributed by atoms with Crippen LogP contribution in [0.15, 0.2) is 24.4 Å². The highest BCUT2D eigenvalue weighted by atomic mass is 19.4. The lowest BCUT2D eigenvalue weighted by molar-refractivity contribution is -0.137. The van der Waals surface area contributed by atoms with Gasteiger partial charge in [-0.15, -0.1) is 0 Å². The van der Waals surface area contributed by atoms with Gasteiger partial charge in [0, 0.05) is 23.4 Å². The Morgan fingerprint density at radius 1 is 1.09 bits per heavy atom. The lowest BCUT2D eigenvalue weighted by atomic mass is 9.96. The summed E-state index contributed by atoms with van der Waals surface area (Å²) in [5.74, 6) is -2.17. The van der Waals surface area contributed by atoms with Gasteiger partial charge in [-0.1, -0.05) is 6.07 Å². The molecule has 1 unspecified atom stereocenters. The van der Waals surface area contributed by atoms with E-state index in [-0.39, 0.29) is 53.6 Å². The van der Waals surface area contributed by atoms with Gasteiger partial charge in [0.05, 0.1) is 23.8 Å². The first-order valence-corrected chi connectivity index (χ1v) is 14.8. The largest absolute Gasteiger partial charge is 0.475 e. The van der Waals surface area contributed by atoms with Crippen molar-refractivity contribution in [1.29, 1.82) is 0 Å². The number of nitrogen functional groups attached to an aromatic ring is 2. The zero-order chi connectivity index (χ0) is 33.1. The van der Waals surface area contributed by atoms with E-state index in [0.717, 1.165) is 32.4 Å². The van der Waals surface area contributed by atoms with Crippen molar-refractivity contribution in [3.8, 4) is 23.1 Å². The van der Waals surface area contributed by atoms with E-state index < -0.39 is 58.0 Å². The van der Waals surface area contributed by atoms with E-state index in [0.29, 0.717) is 5.56 Å². The number of rotatable bonds is 6. The second-order valence-electron chi connectivity index (χ2n) is 11.7. The number of nitrogens with zero attached hydrogens (tertiary/aromatic N) is 6. The van der Waals surface area contributed by atoms with Gasteiger partial charge in [0.25, 0.3) is 0 Å². The fourth-order valence-electron chi connectivity index (χ4n) is 6.47. The van der Waals surface area contributed by atoms with Crippen LogP contribution < -0.4 is 25.8 Å². The van der Waals surface area contributed by atoms with Crippen molar-refractivity contribution in [2.24, 2.45) is 0 Å². The predicted molar refractivity (Wildman–Crippen MR) is 162 cm³/mol. The average molecular weight is 645 g/mol. The molecule has 15 heteroatoms. The Labute approximate surface area is 261 Å². The van der Waals surface area contributed by atoms with Crippen LogP contribution in [-0.2, 0) is 6.18 Å². The number of ether oxygens (including phenoxy) is 2. The number of pyridine rings is 2. The molecule has 0 amide bonds. The summed E-state index contributed by atoms with van der Waals surface area (Å²) >= 11 is 0. The van der Waals surface area contributed by atoms with Gasteiger partial charge in [0.15, 0.2) is 5.82 Å². The molecule has 0 radical (unpaired) electrons. The molecule has 3 atom stereocenters. The molecule has 1 fully saturated rings. The molecule has 1 aromatic carbocycles. The van der Waals surface area contributed by atoms with Gasteiger partial charge in [-0.05, 0) is 64.9 Å². The number of aromatic nitrogens is 4. The van der Waals surface area contributed by atoms with Gasteiger partial charge in [-0.3, -0.25) is 4.90 Å². The van der Waals surface area contributed by atoms with Crippen molar-refractivity contribution in [3.63, 3.8) is 0 Å². The van der Waals surface area contributed by atoms with Crippen LogP contribution in [0.1, 0.15) is 49.4 Å². The number of alkyl halides is 3. The Hall–Kier alpha value is -4.53. The number of nitrogens with two attached hydrogens (primary N) is 2. The van der Waals surface area contributed by atoms with Gasteiger partial charge in [-0.2, -0.15) is 23.1 Å². The Morgan fingerprint density at radius 3 is 2.52 bits per heavy atom. The van der Waals surface area contributed by atoms with Crippen molar-refractivity contribution in [2.75, 3.05) is 43.1 Å². The third kappa shape index (κ3) is 5.35. The van der Waals surface area contributed by atoms with Crippen molar-refractivity contribution in [2.45, 2.75) is 58.0 Å². The van der Waals surface area contributed by atoms with Gasteiger partial charge >= 0.3 is 12.2 Å². The molecule has 0 spiro atoms. The third-order valence-electron chi connectivity index (χ3n) is 8.82. The fraction of sp³-hybridized carbons (Fsp3) is 0.419. The van der Waals surface area contributed by atoms with Crippen molar-refractivity contribution < 1.29 is 31.4 Å². The standard InChI is InChI=1S/C31H33F5N8O2/c1-14-22(31(34,35)36)18(13-19(37)23(14)32)25-24(33)26-21-28(42-30(41-26)46-16(3)20-8-6-10-43(20)4)44(11-12-45-29(21)40-25)15(2)17-7-5-9-39-27(17)38/h5,7,9,13,15-16,20H,6,8,10-12,37H2,1-4H3,(H2,38,39)/t15-,16+,20?/m1/s1. The topological polar surface area (TPSA) is 129 Å². The van der Waals surface area contributed by atoms with E-state index in [2.05, 4.69) is 19.9 Å². The van der Waals surface area contributed by atoms with Crippen LogP contribution >= 0.6 is 0 Å². The summed E-state index contributed by atoms with van der Waals surface area (Å²) in [6.45, 7) is 5.75. The normalized spacial score (nSPS) is 18.4. The third-order valence-corrected chi connectivity index (χ3v) is 8.82. The molecule has 5 heterocycles. The Balaban J connectivity index is 1.60. The van der Waals surface area contributed by atoms with Gasteiger partial charge in [0.1, 0.15) is 46.8 Å². The van der Waals surface area contributed by atoms with Crippen molar-refractivity contribution >= 4 is 28.2 Å². The van der Waals surface area contributed by atoms with Crippen LogP contribution in [0, 0.1) is 18.6 Å². The number of halogens is 5. The van der Waals surface area contributed by atoms with Crippen LogP contribution in [0.3, 0.4) is 0 Å². The molecular formula is C31H33F5N8O2. The second kappa shape index (κ2) is 11.7. The fourth-order valence-corrected chi connectivity index (χ4v) is 6.47. The summed E-state index contributed by atoms with van der Waals surface area (Å²) in [5.41, 5.74) is 7.95. The number of benzene rings is 1. The molecule has 10 nitrogen and oxygen atoms in total. The van der Waals surface area contributed by atoms with Crippen LogP contribution in [0.2, 0.25) is 0 Å². The smallest absolute Gasteiger partial charge is 0.417 e. The number of likely N-dealkylation sites (tertiary alicyclic amines) is 1. The van der Waals surface area contributed by atoms with Gasteiger partial charge in [0.2, 0.25) is 5.88 Å². The number of likely N-dealkylation sites (N-methyl/N-ethyl adjacent to an activating group) is 1. The molecule has 1 saturated heterocycles.